The molecule has 3 nitrogen and oxygen atoms in total. The largest absolute Gasteiger partial charge is 0.401 e. The summed E-state index contributed by atoms with van der Waals surface area (Å²) in [6, 6.07) is 0.572. The fourth-order valence-electron chi connectivity index (χ4n) is 2.52. The molecule has 0 aromatic carbocycles. The van der Waals surface area contributed by atoms with E-state index in [2.05, 4.69) is 29.0 Å². The number of alkyl halides is 3. The summed E-state index contributed by atoms with van der Waals surface area (Å²) in [6.45, 7) is 8.58. The van der Waals surface area contributed by atoms with Crippen molar-refractivity contribution in [2.24, 2.45) is 0 Å². The number of halogens is 3. The van der Waals surface area contributed by atoms with E-state index in [-0.39, 0.29) is 0 Å². The molecule has 1 unspecified atom stereocenters. The van der Waals surface area contributed by atoms with E-state index in [9.17, 15) is 13.2 Å². The fraction of sp³-hybridized carbons (Fsp3) is 1.00. The molecule has 0 aromatic heterocycles. The van der Waals surface area contributed by atoms with E-state index in [4.69, 9.17) is 0 Å². The number of nitrogens with zero attached hydrogens (tertiary/aromatic N) is 2. The predicted molar refractivity (Wildman–Crippen MR) is 66.7 cm³/mol. The molecule has 1 aliphatic rings. The molecule has 1 saturated heterocycles. The Hall–Kier alpha value is -0.330. The molecule has 1 N–H and O–H groups in total. The van der Waals surface area contributed by atoms with Crippen molar-refractivity contribution in [1.82, 2.24) is 15.1 Å². The highest BCUT2D eigenvalue weighted by molar-refractivity contribution is 4.82. The zero-order chi connectivity index (χ0) is 13.6. The smallest absolute Gasteiger partial charge is 0.307 e. The van der Waals surface area contributed by atoms with E-state index in [1.165, 1.54) is 0 Å². The van der Waals surface area contributed by atoms with Crippen LogP contribution in [-0.4, -0.2) is 67.8 Å². The number of likely N-dealkylation sites (N-methyl/N-ethyl adjacent to an activating group) is 1. The third-order valence-electron chi connectivity index (χ3n) is 3.51. The number of nitrogens with one attached hydrogen (secondary N) is 1. The van der Waals surface area contributed by atoms with Gasteiger partial charge in [0.05, 0.1) is 6.54 Å². The zero-order valence-corrected chi connectivity index (χ0v) is 11.3. The minimum atomic E-state index is -4.10. The summed E-state index contributed by atoms with van der Waals surface area (Å²) >= 11 is 0. The van der Waals surface area contributed by atoms with Gasteiger partial charge < -0.3 is 10.2 Å². The van der Waals surface area contributed by atoms with Crippen molar-refractivity contribution in [2.75, 3.05) is 45.8 Å². The number of hydrogen-bond acceptors (Lipinski definition) is 3. The molecule has 6 heteroatoms. The van der Waals surface area contributed by atoms with Crippen molar-refractivity contribution in [3.8, 4) is 0 Å². The lowest BCUT2D eigenvalue weighted by Crippen LogP contribution is -2.39. The van der Waals surface area contributed by atoms with Gasteiger partial charge in [0.1, 0.15) is 0 Å². The maximum atomic E-state index is 11.9. The monoisotopic (exact) mass is 267 g/mol. The van der Waals surface area contributed by atoms with E-state index in [0.29, 0.717) is 19.1 Å². The average molecular weight is 267 g/mol. The summed E-state index contributed by atoms with van der Waals surface area (Å²) in [5, 5.41) is 2.44. The SMILES string of the molecule is CCN(CC)C1CCN(CCNCC(F)(F)F)C1. The van der Waals surface area contributed by atoms with Crippen LogP contribution >= 0.6 is 0 Å². The summed E-state index contributed by atoms with van der Waals surface area (Å²) in [7, 11) is 0. The highest BCUT2D eigenvalue weighted by Crippen LogP contribution is 2.15. The first kappa shape index (κ1) is 15.7. The second-order valence-electron chi connectivity index (χ2n) is 4.76. The van der Waals surface area contributed by atoms with Gasteiger partial charge in [0.25, 0.3) is 0 Å². The van der Waals surface area contributed by atoms with Gasteiger partial charge in [-0.05, 0) is 26.1 Å². The molecule has 1 rings (SSSR count). The first-order valence-electron chi connectivity index (χ1n) is 6.70. The maximum absolute atomic E-state index is 11.9. The van der Waals surface area contributed by atoms with Crippen molar-refractivity contribution in [2.45, 2.75) is 32.5 Å². The van der Waals surface area contributed by atoms with Crippen LogP contribution in [-0.2, 0) is 0 Å². The summed E-state index contributed by atoms with van der Waals surface area (Å²) in [4.78, 5) is 4.66. The second kappa shape index (κ2) is 7.31. The number of rotatable bonds is 7. The third-order valence-corrected chi connectivity index (χ3v) is 3.51. The van der Waals surface area contributed by atoms with Crippen molar-refractivity contribution >= 4 is 0 Å². The molecule has 0 aliphatic carbocycles. The van der Waals surface area contributed by atoms with Gasteiger partial charge in [-0.2, -0.15) is 13.2 Å². The molecule has 1 heterocycles. The first-order chi connectivity index (χ1) is 8.46. The standard InChI is InChI=1S/C12H24F3N3/c1-3-18(4-2)11-5-7-17(9-11)8-6-16-10-12(13,14)15/h11,16H,3-10H2,1-2H3. The Kier molecular flexibility index (Phi) is 6.38. The summed E-state index contributed by atoms with van der Waals surface area (Å²) in [5.41, 5.74) is 0. The molecule has 1 fully saturated rings. The molecule has 0 radical (unpaired) electrons. The molecule has 108 valence electrons. The Morgan fingerprint density at radius 1 is 1.28 bits per heavy atom. The van der Waals surface area contributed by atoms with Crippen LogP contribution in [0.4, 0.5) is 13.2 Å². The van der Waals surface area contributed by atoms with Crippen LogP contribution < -0.4 is 5.32 Å². The molecule has 0 amide bonds. The highest BCUT2D eigenvalue weighted by atomic mass is 19.4. The Morgan fingerprint density at radius 2 is 1.94 bits per heavy atom. The maximum Gasteiger partial charge on any atom is 0.401 e. The Balaban J connectivity index is 2.15. The minimum absolute atomic E-state index is 0.407. The van der Waals surface area contributed by atoms with Gasteiger partial charge in [-0.15, -0.1) is 0 Å². The lowest BCUT2D eigenvalue weighted by atomic mass is 10.2. The number of hydrogen-bond donors (Lipinski definition) is 1. The van der Waals surface area contributed by atoms with Crippen molar-refractivity contribution in [3.05, 3.63) is 0 Å². The Labute approximate surface area is 107 Å². The van der Waals surface area contributed by atoms with Crippen LogP contribution in [0, 0.1) is 0 Å². The summed E-state index contributed by atoms with van der Waals surface area (Å²) in [5.74, 6) is 0. The number of likely N-dealkylation sites (tertiary alicyclic amines) is 1. The van der Waals surface area contributed by atoms with Crippen LogP contribution in [0.2, 0.25) is 0 Å². The van der Waals surface area contributed by atoms with E-state index < -0.39 is 12.7 Å². The van der Waals surface area contributed by atoms with Crippen molar-refractivity contribution < 1.29 is 13.2 Å². The average Bonchev–Trinajstić information content (AvgIpc) is 2.74. The van der Waals surface area contributed by atoms with Gasteiger partial charge in [-0.3, -0.25) is 4.90 Å². The lowest BCUT2D eigenvalue weighted by Gasteiger charge is -2.26. The van der Waals surface area contributed by atoms with E-state index in [1.807, 2.05) is 0 Å². The van der Waals surface area contributed by atoms with Crippen molar-refractivity contribution in [3.63, 3.8) is 0 Å². The molecular weight excluding hydrogens is 243 g/mol. The topological polar surface area (TPSA) is 18.5 Å². The van der Waals surface area contributed by atoms with E-state index >= 15 is 0 Å². The first-order valence-corrected chi connectivity index (χ1v) is 6.70. The summed E-state index contributed by atoms with van der Waals surface area (Å²) < 4.78 is 35.8. The Bertz CT molecular complexity index is 229. The molecule has 0 saturated carbocycles. The highest BCUT2D eigenvalue weighted by Gasteiger charge is 2.27. The second-order valence-corrected chi connectivity index (χ2v) is 4.76. The van der Waals surface area contributed by atoms with Gasteiger partial charge in [-0.25, -0.2) is 0 Å². The van der Waals surface area contributed by atoms with Crippen LogP contribution in [0.3, 0.4) is 0 Å². The van der Waals surface area contributed by atoms with Gasteiger partial charge >= 0.3 is 6.18 Å². The normalized spacial score (nSPS) is 22.0. The van der Waals surface area contributed by atoms with Gasteiger partial charge in [0.2, 0.25) is 0 Å². The Morgan fingerprint density at radius 3 is 2.50 bits per heavy atom. The lowest BCUT2D eigenvalue weighted by molar-refractivity contribution is -0.124. The molecule has 1 aliphatic heterocycles. The quantitative estimate of drug-likeness (QED) is 0.706. The minimum Gasteiger partial charge on any atom is -0.307 e. The van der Waals surface area contributed by atoms with Gasteiger partial charge in [0, 0.05) is 25.7 Å². The molecule has 0 bridgehead atoms. The van der Waals surface area contributed by atoms with Crippen LogP contribution in [0.5, 0.6) is 0 Å². The van der Waals surface area contributed by atoms with E-state index in [1.54, 1.807) is 0 Å². The van der Waals surface area contributed by atoms with Gasteiger partial charge in [-0.1, -0.05) is 13.8 Å². The summed E-state index contributed by atoms with van der Waals surface area (Å²) in [6.07, 6.45) is -2.98. The van der Waals surface area contributed by atoms with Gasteiger partial charge in [0.15, 0.2) is 0 Å². The molecule has 1 atom stereocenters. The third kappa shape index (κ3) is 5.54. The van der Waals surface area contributed by atoms with Crippen LogP contribution in [0.1, 0.15) is 20.3 Å². The fourth-order valence-corrected chi connectivity index (χ4v) is 2.52. The van der Waals surface area contributed by atoms with Crippen molar-refractivity contribution in [1.29, 1.82) is 0 Å². The molecule has 18 heavy (non-hydrogen) atoms. The zero-order valence-electron chi connectivity index (χ0n) is 11.3. The molecule has 0 spiro atoms. The van der Waals surface area contributed by atoms with Crippen LogP contribution in [0.15, 0.2) is 0 Å². The predicted octanol–water partition coefficient (Wildman–Crippen LogP) is 1.55. The van der Waals surface area contributed by atoms with E-state index in [0.717, 1.165) is 32.6 Å². The van der Waals surface area contributed by atoms with Crippen LogP contribution in [0.25, 0.3) is 0 Å². The molecule has 0 aromatic rings. The molecular formula is C12H24F3N3.